The molecule has 0 saturated heterocycles. The minimum Gasteiger partial charge on any atom is -0.309 e. The second-order valence-electron chi connectivity index (χ2n) is 4.99. The van der Waals surface area contributed by atoms with Gasteiger partial charge in [0.05, 0.1) is 6.04 Å². The highest BCUT2D eigenvalue weighted by Crippen LogP contribution is 2.38. The van der Waals surface area contributed by atoms with Crippen molar-refractivity contribution in [3.63, 3.8) is 0 Å². The fraction of sp³-hybridized carbons (Fsp3) is 0.467. The van der Waals surface area contributed by atoms with Crippen molar-refractivity contribution in [2.45, 2.75) is 32.1 Å². The number of rotatable bonds is 3. The van der Waals surface area contributed by atoms with E-state index in [1.165, 1.54) is 38.1 Å². The average molecular weight is 310 g/mol. The molecule has 4 heteroatoms. The minimum atomic E-state index is 0.366. The fourth-order valence-electron chi connectivity index (χ4n) is 2.70. The number of thioether (sulfide) groups is 1. The van der Waals surface area contributed by atoms with Gasteiger partial charge in [-0.2, -0.15) is 11.8 Å². The minimum absolute atomic E-state index is 0.366. The molecular weight excluding hydrogens is 290 g/mol. The SMILES string of the molecule is CNC(c1cc2c(s1)CCSC2)c1cc(C)sc1C. The number of thiophene rings is 2. The van der Waals surface area contributed by atoms with Crippen molar-refractivity contribution in [2.24, 2.45) is 0 Å². The van der Waals surface area contributed by atoms with Crippen LogP contribution < -0.4 is 5.32 Å². The number of fused-ring (bicyclic) bond motifs is 1. The first kappa shape index (κ1) is 13.7. The Labute approximate surface area is 127 Å². The Morgan fingerprint density at radius 3 is 2.68 bits per heavy atom. The standard InChI is InChI=1S/C15H19NS3/c1-9-6-12(10(2)18-9)15(16-3)14-7-11-8-17-5-4-13(11)19-14/h6-7,15-16H,4-5,8H2,1-3H3. The van der Waals surface area contributed by atoms with E-state index in [-0.39, 0.29) is 0 Å². The third kappa shape index (κ3) is 2.64. The quantitative estimate of drug-likeness (QED) is 0.894. The molecule has 0 aromatic carbocycles. The molecule has 1 N–H and O–H groups in total. The Morgan fingerprint density at radius 1 is 1.21 bits per heavy atom. The van der Waals surface area contributed by atoms with Gasteiger partial charge in [0.25, 0.3) is 0 Å². The molecular formula is C15H19NS3. The van der Waals surface area contributed by atoms with E-state index < -0.39 is 0 Å². The first-order valence-electron chi connectivity index (χ1n) is 6.62. The predicted molar refractivity (Wildman–Crippen MR) is 88.9 cm³/mol. The van der Waals surface area contributed by atoms with Crippen molar-refractivity contribution in [3.8, 4) is 0 Å². The molecule has 19 heavy (non-hydrogen) atoms. The lowest BCUT2D eigenvalue weighted by Gasteiger charge is -2.14. The van der Waals surface area contributed by atoms with Crippen molar-refractivity contribution < 1.29 is 0 Å². The van der Waals surface area contributed by atoms with Crippen molar-refractivity contribution in [1.29, 1.82) is 0 Å². The lowest BCUT2D eigenvalue weighted by atomic mass is 10.1. The van der Waals surface area contributed by atoms with E-state index in [1.54, 1.807) is 10.4 Å². The second kappa shape index (κ2) is 5.60. The lowest BCUT2D eigenvalue weighted by molar-refractivity contribution is 0.702. The van der Waals surface area contributed by atoms with Gasteiger partial charge in [0.1, 0.15) is 0 Å². The zero-order valence-electron chi connectivity index (χ0n) is 11.6. The molecule has 3 heterocycles. The summed E-state index contributed by atoms with van der Waals surface area (Å²) < 4.78 is 0. The van der Waals surface area contributed by atoms with Gasteiger partial charge in [-0.15, -0.1) is 22.7 Å². The van der Waals surface area contributed by atoms with Gasteiger partial charge < -0.3 is 5.32 Å². The molecule has 0 bridgehead atoms. The molecule has 0 spiro atoms. The van der Waals surface area contributed by atoms with Gasteiger partial charge in [-0.1, -0.05) is 0 Å². The van der Waals surface area contributed by atoms with Crippen LogP contribution in [0.25, 0.3) is 0 Å². The molecule has 1 nitrogen and oxygen atoms in total. The van der Waals surface area contributed by atoms with Crippen LogP contribution in [0.1, 0.15) is 36.7 Å². The maximum Gasteiger partial charge on any atom is 0.0679 e. The average Bonchev–Trinajstić information content (AvgIpc) is 2.94. The number of nitrogens with one attached hydrogen (secondary N) is 1. The summed E-state index contributed by atoms with van der Waals surface area (Å²) in [5.41, 5.74) is 3.03. The van der Waals surface area contributed by atoms with E-state index in [2.05, 4.69) is 50.1 Å². The molecule has 1 aliphatic heterocycles. The van der Waals surface area contributed by atoms with Crippen LogP contribution >= 0.6 is 34.4 Å². The maximum atomic E-state index is 3.51. The van der Waals surface area contributed by atoms with E-state index in [1.807, 2.05) is 22.7 Å². The van der Waals surface area contributed by atoms with Gasteiger partial charge in [0.15, 0.2) is 0 Å². The monoisotopic (exact) mass is 309 g/mol. The van der Waals surface area contributed by atoms with E-state index in [9.17, 15) is 0 Å². The summed E-state index contributed by atoms with van der Waals surface area (Å²) in [5.74, 6) is 2.48. The first-order valence-corrected chi connectivity index (χ1v) is 9.41. The van der Waals surface area contributed by atoms with E-state index in [4.69, 9.17) is 0 Å². The summed E-state index contributed by atoms with van der Waals surface area (Å²) in [6, 6.07) is 5.14. The molecule has 3 rings (SSSR count). The first-order chi connectivity index (χ1) is 9.19. The fourth-order valence-corrected chi connectivity index (χ4v) is 6.17. The van der Waals surface area contributed by atoms with E-state index in [0.717, 1.165) is 0 Å². The summed E-state index contributed by atoms with van der Waals surface area (Å²) in [4.78, 5) is 5.94. The van der Waals surface area contributed by atoms with Crippen LogP contribution in [0.15, 0.2) is 12.1 Å². The highest BCUT2D eigenvalue weighted by Gasteiger charge is 2.21. The largest absolute Gasteiger partial charge is 0.309 e. The topological polar surface area (TPSA) is 12.0 Å². The molecule has 1 unspecified atom stereocenters. The summed E-state index contributed by atoms with van der Waals surface area (Å²) in [6.07, 6.45) is 1.25. The highest BCUT2D eigenvalue weighted by atomic mass is 32.2. The molecule has 1 aliphatic rings. The van der Waals surface area contributed by atoms with Crippen LogP contribution in [0.2, 0.25) is 0 Å². The predicted octanol–water partition coefficient (Wildman–Crippen LogP) is 4.52. The number of aryl methyl sites for hydroxylation is 3. The number of hydrogen-bond donors (Lipinski definition) is 1. The van der Waals surface area contributed by atoms with Crippen LogP contribution in [0.3, 0.4) is 0 Å². The Balaban J connectivity index is 1.98. The number of hydrogen-bond acceptors (Lipinski definition) is 4. The Kier molecular flexibility index (Phi) is 4.03. The van der Waals surface area contributed by atoms with Crippen LogP contribution in [-0.4, -0.2) is 12.8 Å². The van der Waals surface area contributed by atoms with Crippen LogP contribution in [0, 0.1) is 13.8 Å². The van der Waals surface area contributed by atoms with Crippen LogP contribution in [0.5, 0.6) is 0 Å². The maximum absolute atomic E-state index is 3.51. The molecule has 0 radical (unpaired) electrons. The van der Waals surface area contributed by atoms with Gasteiger partial charge in [-0.05, 0) is 56.3 Å². The highest BCUT2D eigenvalue weighted by molar-refractivity contribution is 7.98. The van der Waals surface area contributed by atoms with Crippen molar-refractivity contribution in [3.05, 3.63) is 42.8 Å². The molecule has 102 valence electrons. The van der Waals surface area contributed by atoms with E-state index in [0.29, 0.717) is 6.04 Å². The molecule has 2 aromatic rings. The Hall–Kier alpha value is -0.290. The molecule has 1 atom stereocenters. The summed E-state index contributed by atoms with van der Waals surface area (Å²) in [6.45, 7) is 4.44. The van der Waals surface area contributed by atoms with Crippen molar-refractivity contribution in [2.75, 3.05) is 12.8 Å². The van der Waals surface area contributed by atoms with Crippen molar-refractivity contribution in [1.82, 2.24) is 5.32 Å². The Morgan fingerprint density at radius 2 is 2.05 bits per heavy atom. The Bertz CT molecular complexity index is 559. The molecule has 2 aromatic heterocycles. The van der Waals surface area contributed by atoms with Gasteiger partial charge >= 0.3 is 0 Å². The molecule has 0 fully saturated rings. The molecule has 0 aliphatic carbocycles. The van der Waals surface area contributed by atoms with Gasteiger partial charge in [0, 0.05) is 25.3 Å². The zero-order chi connectivity index (χ0) is 13.4. The second-order valence-corrected chi connectivity index (χ2v) is 8.72. The molecule has 0 saturated carbocycles. The third-order valence-corrected chi connectivity index (χ3v) is 6.90. The summed E-state index contributed by atoms with van der Waals surface area (Å²) >= 11 is 5.97. The summed E-state index contributed by atoms with van der Waals surface area (Å²) in [5, 5.41) is 3.51. The van der Waals surface area contributed by atoms with E-state index >= 15 is 0 Å². The molecule has 0 amide bonds. The van der Waals surface area contributed by atoms with Gasteiger partial charge in [0.2, 0.25) is 0 Å². The van der Waals surface area contributed by atoms with Crippen LogP contribution in [-0.2, 0) is 12.2 Å². The lowest BCUT2D eigenvalue weighted by Crippen LogP contribution is -2.16. The van der Waals surface area contributed by atoms with Crippen LogP contribution in [0.4, 0.5) is 0 Å². The van der Waals surface area contributed by atoms with Gasteiger partial charge in [-0.25, -0.2) is 0 Å². The summed E-state index contributed by atoms with van der Waals surface area (Å²) in [7, 11) is 2.07. The third-order valence-electron chi connectivity index (χ3n) is 3.61. The zero-order valence-corrected chi connectivity index (χ0v) is 14.0. The van der Waals surface area contributed by atoms with Crippen molar-refractivity contribution >= 4 is 34.4 Å². The normalized spacial score (nSPS) is 16.4. The van der Waals surface area contributed by atoms with Gasteiger partial charge in [-0.3, -0.25) is 0 Å². The smallest absolute Gasteiger partial charge is 0.0679 e.